The Morgan fingerprint density at radius 1 is 1.45 bits per heavy atom. The SMILES string of the molecule is CN(C)CC1CC2(CCN(C(=O)c3c[nH]c4ncccc34)CC2)C(=O)O1.O=CO. The van der Waals surface area contributed by atoms with Crippen LogP contribution in [0, 0.1) is 5.41 Å². The second-order valence-electron chi connectivity index (χ2n) is 7.77. The normalized spacial score (nSPS) is 20.4. The van der Waals surface area contributed by atoms with E-state index >= 15 is 0 Å². The number of hydrogen-bond acceptors (Lipinski definition) is 6. The number of nitrogens with zero attached hydrogens (tertiary/aromatic N) is 3. The number of cyclic esters (lactones) is 1. The smallest absolute Gasteiger partial charge is 0.312 e. The Morgan fingerprint density at radius 2 is 2.14 bits per heavy atom. The highest BCUT2D eigenvalue weighted by atomic mass is 16.6. The van der Waals surface area contributed by atoms with Gasteiger partial charge in [0.05, 0.1) is 11.0 Å². The van der Waals surface area contributed by atoms with Gasteiger partial charge in [-0.2, -0.15) is 0 Å². The average Bonchev–Trinajstić information content (AvgIpc) is 3.23. The number of carbonyl (C=O) groups excluding carboxylic acids is 2. The molecule has 29 heavy (non-hydrogen) atoms. The summed E-state index contributed by atoms with van der Waals surface area (Å²) < 4.78 is 5.59. The summed E-state index contributed by atoms with van der Waals surface area (Å²) in [7, 11) is 3.96. The number of amides is 1. The summed E-state index contributed by atoms with van der Waals surface area (Å²) in [4.78, 5) is 44.9. The van der Waals surface area contributed by atoms with Gasteiger partial charge in [-0.25, -0.2) is 4.98 Å². The van der Waals surface area contributed by atoms with Gasteiger partial charge in [0, 0.05) is 43.8 Å². The molecule has 1 unspecified atom stereocenters. The fourth-order valence-corrected chi connectivity index (χ4v) is 4.20. The van der Waals surface area contributed by atoms with Crippen LogP contribution in [0.4, 0.5) is 0 Å². The van der Waals surface area contributed by atoms with Gasteiger partial charge in [-0.15, -0.1) is 0 Å². The molecule has 2 N–H and O–H groups in total. The number of aromatic nitrogens is 2. The lowest BCUT2D eigenvalue weighted by Gasteiger charge is -2.36. The third kappa shape index (κ3) is 4.24. The molecular weight excluding hydrogens is 376 g/mol. The van der Waals surface area contributed by atoms with Gasteiger partial charge in [0.15, 0.2) is 0 Å². The van der Waals surface area contributed by atoms with Gasteiger partial charge in [-0.1, -0.05) is 0 Å². The zero-order valence-corrected chi connectivity index (χ0v) is 16.6. The lowest BCUT2D eigenvalue weighted by Crippen LogP contribution is -2.45. The zero-order valence-electron chi connectivity index (χ0n) is 16.6. The van der Waals surface area contributed by atoms with Crippen molar-refractivity contribution in [2.45, 2.75) is 25.4 Å². The van der Waals surface area contributed by atoms with Gasteiger partial charge in [-0.05, 0) is 39.1 Å². The molecule has 156 valence electrons. The van der Waals surface area contributed by atoms with Gasteiger partial charge in [0.25, 0.3) is 12.4 Å². The van der Waals surface area contributed by atoms with Gasteiger partial charge >= 0.3 is 5.97 Å². The van der Waals surface area contributed by atoms with Crippen LogP contribution < -0.4 is 0 Å². The third-order valence-electron chi connectivity index (χ3n) is 5.58. The molecule has 1 atom stereocenters. The molecule has 2 aliphatic rings. The molecular formula is C20H26N4O5. The van der Waals surface area contributed by atoms with E-state index in [4.69, 9.17) is 14.6 Å². The van der Waals surface area contributed by atoms with Crippen LogP contribution >= 0.6 is 0 Å². The molecule has 1 spiro atoms. The number of esters is 1. The number of likely N-dealkylation sites (tertiary alicyclic amines) is 1. The van der Waals surface area contributed by atoms with Crippen molar-refractivity contribution in [1.82, 2.24) is 19.8 Å². The number of carbonyl (C=O) groups is 3. The van der Waals surface area contributed by atoms with E-state index in [1.807, 2.05) is 36.0 Å². The first-order valence-corrected chi connectivity index (χ1v) is 9.55. The first kappa shape index (κ1) is 20.8. The molecule has 1 amide bonds. The monoisotopic (exact) mass is 402 g/mol. The van der Waals surface area contributed by atoms with E-state index < -0.39 is 5.41 Å². The molecule has 9 heteroatoms. The van der Waals surface area contributed by atoms with E-state index in [2.05, 4.69) is 9.97 Å². The molecule has 2 aliphatic heterocycles. The number of rotatable bonds is 3. The lowest BCUT2D eigenvalue weighted by atomic mass is 9.76. The van der Waals surface area contributed by atoms with Crippen LogP contribution in [0.1, 0.15) is 29.6 Å². The van der Waals surface area contributed by atoms with Crippen LogP contribution in [0.25, 0.3) is 11.0 Å². The second kappa shape index (κ2) is 8.60. The predicted molar refractivity (Wildman–Crippen MR) is 105 cm³/mol. The maximum atomic E-state index is 12.9. The molecule has 0 aromatic carbocycles. The Morgan fingerprint density at radius 3 is 2.79 bits per heavy atom. The lowest BCUT2D eigenvalue weighted by molar-refractivity contribution is -0.150. The molecule has 2 aromatic heterocycles. The van der Waals surface area contributed by atoms with E-state index in [1.54, 1.807) is 12.4 Å². The summed E-state index contributed by atoms with van der Waals surface area (Å²) in [6.45, 7) is 1.66. The average molecular weight is 402 g/mol. The Kier molecular flexibility index (Phi) is 6.17. The fraction of sp³-hybridized carbons (Fsp3) is 0.500. The summed E-state index contributed by atoms with van der Waals surface area (Å²) in [5.74, 6) is -0.0944. The summed E-state index contributed by atoms with van der Waals surface area (Å²) in [5, 5.41) is 7.73. The number of aromatic amines is 1. The quantitative estimate of drug-likeness (QED) is 0.588. The van der Waals surface area contributed by atoms with Gasteiger partial charge in [-0.3, -0.25) is 14.4 Å². The summed E-state index contributed by atoms with van der Waals surface area (Å²) in [6.07, 6.45) is 5.47. The number of hydrogen-bond donors (Lipinski definition) is 2. The molecule has 2 fully saturated rings. The van der Waals surface area contributed by atoms with E-state index in [0.717, 1.165) is 24.0 Å². The number of carboxylic acid groups (broad SMARTS) is 1. The summed E-state index contributed by atoms with van der Waals surface area (Å²) in [6, 6.07) is 3.73. The topological polar surface area (TPSA) is 116 Å². The van der Waals surface area contributed by atoms with Crippen LogP contribution in [-0.2, 0) is 14.3 Å². The predicted octanol–water partition coefficient (Wildman–Crippen LogP) is 1.36. The minimum absolute atomic E-state index is 0.00435. The van der Waals surface area contributed by atoms with Gasteiger partial charge in [0.2, 0.25) is 0 Å². The highest BCUT2D eigenvalue weighted by Crippen LogP contribution is 2.43. The van der Waals surface area contributed by atoms with E-state index in [-0.39, 0.29) is 24.5 Å². The number of H-pyrrole nitrogens is 1. The third-order valence-corrected chi connectivity index (χ3v) is 5.58. The number of ether oxygens (including phenoxy) is 1. The zero-order chi connectivity index (χ0) is 21.0. The first-order chi connectivity index (χ1) is 13.9. The number of pyridine rings is 1. The Labute approximate surface area is 168 Å². The Bertz CT molecular complexity index is 886. The number of piperidine rings is 1. The molecule has 0 aliphatic carbocycles. The molecule has 0 bridgehead atoms. The Balaban J connectivity index is 0.000000755. The minimum Gasteiger partial charge on any atom is -0.483 e. The second-order valence-corrected chi connectivity index (χ2v) is 7.77. The van der Waals surface area contributed by atoms with Crippen molar-refractivity contribution >= 4 is 29.4 Å². The number of fused-ring (bicyclic) bond motifs is 1. The van der Waals surface area contributed by atoms with Crippen molar-refractivity contribution in [2.75, 3.05) is 33.7 Å². The maximum Gasteiger partial charge on any atom is 0.312 e. The molecule has 4 heterocycles. The highest BCUT2D eigenvalue weighted by molar-refractivity contribution is 6.06. The van der Waals surface area contributed by atoms with Gasteiger partial charge in [0.1, 0.15) is 11.8 Å². The van der Waals surface area contributed by atoms with Crippen molar-refractivity contribution in [2.24, 2.45) is 5.41 Å². The van der Waals surface area contributed by atoms with E-state index in [9.17, 15) is 9.59 Å². The van der Waals surface area contributed by atoms with Gasteiger partial charge < -0.3 is 24.6 Å². The summed E-state index contributed by atoms with van der Waals surface area (Å²) >= 11 is 0. The van der Waals surface area contributed by atoms with Crippen molar-refractivity contribution in [3.05, 3.63) is 30.1 Å². The molecule has 9 nitrogen and oxygen atoms in total. The van der Waals surface area contributed by atoms with Crippen molar-refractivity contribution in [3.63, 3.8) is 0 Å². The molecule has 2 saturated heterocycles. The molecule has 4 rings (SSSR count). The largest absolute Gasteiger partial charge is 0.483 e. The summed E-state index contributed by atoms with van der Waals surface area (Å²) in [5.41, 5.74) is 0.943. The Hall–Kier alpha value is -2.94. The number of likely N-dealkylation sites (N-methyl/N-ethyl adjacent to an activating group) is 1. The van der Waals surface area contributed by atoms with E-state index in [0.29, 0.717) is 31.5 Å². The van der Waals surface area contributed by atoms with Crippen molar-refractivity contribution < 1.29 is 24.2 Å². The highest BCUT2D eigenvalue weighted by Gasteiger charge is 2.50. The van der Waals surface area contributed by atoms with Crippen molar-refractivity contribution in [3.8, 4) is 0 Å². The first-order valence-electron chi connectivity index (χ1n) is 9.55. The van der Waals surface area contributed by atoms with Crippen LogP contribution in [0.15, 0.2) is 24.5 Å². The van der Waals surface area contributed by atoms with Crippen LogP contribution in [0.5, 0.6) is 0 Å². The standard InChI is InChI=1S/C19H24N4O3.CH2O2/c1-22(2)12-13-10-19(18(25)26-13)5-8-23(9-6-19)17(24)15-11-21-16-14(15)4-3-7-20-16;2-1-3/h3-4,7,11,13H,5-6,8-10,12H2,1-2H3,(H,20,21);1H,(H,2,3). The van der Waals surface area contributed by atoms with Crippen LogP contribution in [0.3, 0.4) is 0 Å². The fourth-order valence-electron chi connectivity index (χ4n) is 4.20. The minimum atomic E-state index is -0.417. The molecule has 0 radical (unpaired) electrons. The molecule has 0 saturated carbocycles. The van der Waals surface area contributed by atoms with E-state index in [1.165, 1.54) is 0 Å². The maximum absolute atomic E-state index is 12.9. The van der Waals surface area contributed by atoms with Crippen LogP contribution in [0.2, 0.25) is 0 Å². The van der Waals surface area contributed by atoms with Crippen LogP contribution in [-0.4, -0.2) is 83.1 Å². The van der Waals surface area contributed by atoms with Crippen molar-refractivity contribution in [1.29, 1.82) is 0 Å². The molecule has 2 aromatic rings. The number of nitrogens with one attached hydrogen (secondary N) is 1.